The van der Waals surface area contributed by atoms with E-state index in [1.165, 1.54) is 60.9 Å². The van der Waals surface area contributed by atoms with E-state index in [9.17, 15) is 37.9 Å². The number of ketones is 3. The van der Waals surface area contributed by atoms with Crippen LogP contribution in [0.5, 0.6) is 0 Å². The number of carbonyl (C=O) groups is 5. The molecule has 73 heavy (non-hydrogen) atoms. The fourth-order valence-electron chi connectivity index (χ4n) is 9.18. The molecule has 8 rings (SSSR count). The van der Waals surface area contributed by atoms with Gasteiger partial charge in [-0.3, -0.25) is 24.0 Å². The van der Waals surface area contributed by atoms with Crippen LogP contribution in [-0.2, 0) is 36.9 Å². The van der Waals surface area contributed by atoms with Gasteiger partial charge in [-0.05, 0) is 138 Å². The molecular weight excluding hydrogens is 1020 g/mol. The van der Waals surface area contributed by atoms with Gasteiger partial charge in [0.15, 0.2) is 17.2 Å². The monoisotopic (exact) mass is 1090 g/mol. The van der Waals surface area contributed by atoms with Gasteiger partial charge in [-0.25, -0.2) is 8.78 Å². The Hall–Kier alpha value is -4.08. The van der Waals surface area contributed by atoms with E-state index in [0.717, 1.165) is 49.2 Å². The number of nitrogens with one attached hydrogen (secondary N) is 3. The number of aliphatic hydroxyl groups is 1. The van der Waals surface area contributed by atoms with Gasteiger partial charge in [0.25, 0.3) is 17.6 Å². The Labute approximate surface area is 450 Å². The van der Waals surface area contributed by atoms with Gasteiger partial charge in [-0.15, -0.1) is 0 Å². The first-order valence-corrected chi connectivity index (χ1v) is 27.1. The zero-order chi connectivity index (χ0) is 55.0. The number of hydrogen-bond acceptors (Lipinski definition) is 7. The molecule has 2 aliphatic carbocycles. The summed E-state index contributed by atoms with van der Waals surface area (Å²) in [5.41, 5.74) is 5.71. The number of fused-ring (bicyclic) bond motifs is 4. The Kier molecular flexibility index (Phi) is 21.2. The van der Waals surface area contributed by atoms with Crippen molar-refractivity contribution in [2.75, 3.05) is 23.7 Å². The summed E-state index contributed by atoms with van der Waals surface area (Å²) in [6.45, 7) is 26.0. The third-order valence-corrected chi connectivity index (χ3v) is 16.8. The fraction of sp³-hybridized carbons (Fsp3) is 0.442. The molecule has 0 fully saturated rings. The van der Waals surface area contributed by atoms with Crippen molar-refractivity contribution in [3.05, 3.63) is 129 Å². The van der Waals surface area contributed by atoms with Crippen LogP contribution in [0.15, 0.2) is 72.8 Å². The summed E-state index contributed by atoms with van der Waals surface area (Å²) < 4.78 is 26.0. The molecule has 11 radical (unpaired) electrons. The zero-order valence-electron chi connectivity index (χ0n) is 44.2. The van der Waals surface area contributed by atoms with Gasteiger partial charge < -0.3 is 21.1 Å². The van der Waals surface area contributed by atoms with Crippen molar-refractivity contribution < 1.29 is 58.6 Å². The van der Waals surface area contributed by atoms with E-state index in [4.69, 9.17) is 38.7 Å². The second-order valence-electron chi connectivity index (χ2n) is 21.4. The summed E-state index contributed by atoms with van der Waals surface area (Å²) in [6, 6.07) is 19.2. The van der Waals surface area contributed by atoms with E-state index < -0.39 is 68.4 Å². The van der Waals surface area contributed by atoms with Gasteiger partial charge in [0.2, 0.25) is 0 Å². The second kappa shape index (κ2) is 25.2. The molecule has 0 spiro atoms. The summed E-state index contributed by atoms with van der Waals surface area (Å²) in [4.78, 5) is 58.7. The predicted octanol–water partition coefficient (Wildman–Crippen LogP) is 3.98. The molecule has 2 aliphatic heterocycles. The molecule has 0 saturated heterocycles. The van der Waals surface area contributed by atoms with Crippen LogP contribution in [0.2, 0.25) is 0 Å². The average molecular weight is 1090 g/mol. The number of amides is 2. The van der Waals surface area contributed by atoms with Crippen LogP contribution in [0.3, 0.4) is 0 Å². The second-order valence-corrected chi connectivity index (χ2v) is 25.0. The van der Waals surface area contributed by atoms with Crippen LogP contribution in [0.25, 0.3) is 0 Å². The third-order valence-electron chi connectivity index (χ3n) is 13.9. The molecule has 1 unspecified atom stereocenters. The molecule has 4 aromatic rings. The predicted molar refractivity (Wildman–Crippen MR) is 297 cm³/mol. The van der Waals surface area contributed by atoms with Crippen LogP contribution in [0, 0.1) is 11.6 Å². The number of hydrogen-bond donors (Lipinski definition) is 4. The Morgan fingerprint density at radius 3 is 1.58 bits per heavy atom. The molecule has 4 aromatic carbocycles. The Balaban J connectivity index is 0.000000222. The molecule has 0 bridgehead atoms. The molecule has 4 aliphatic rings. The van der Waals surface area contributed by atoms with E-state index in [2.05, 4.69) is 97.3 Å². The first-order chi connectivity index (χ1) is 33.8. The first-order valence-electron chi connectivity index (χ1n) is 24.6. The first kappa shape index (κ1) is 61.5. The molecule has 371 valence electrons. The molecule has 0 aromatic heterocycles. The van der Waals surface area contributed by atoms with Gasteiger partial charge in [-0.2, -0.15) is 0 Å². The maximum absolute atomic E-state index is 13.7. The van der Waals surface area contributed by atoms with Crippen LogP contribution < -0.4 is 36.7 Å². The summed E-state index contributed by atoms with van der Waals surface area (Å²) in [5, 5.41) is 19.0. The number of halogens is 3. The standard InChI is InChI=1S/C24H26FNO3.C16H22O.C8H4FNO2.C4H11N.B9I/c1-22(2)9-10-23(3,4)17-11-14(5-7-16(17)22)20(27)13-24(29)18-12-15(25)6-8-19(18)26-21(24)28;1-11(17)12-6-7-13-14(10-12)16(4,5)9-8-15(13,2)3;9-4-1-2-6-5(3-4)7(11)8(12)10-6;1-3-5-4-2;1-6-9(7(2)3)10-8(4)5/h5-8,11-12,29H,9-10,13H2,1-4H3,(H,26,28);6-7,10H,8-9H2,1-5H3;1-3H,(H,10,11,12);5H,3-4H2,1-2H3;/q;;;;-1. The molecule has 2 heterocycles. The van der Waals surface area contributed by atoms with Crippen LogP contribution in [-0.4, -0.2) is 108 Å². The quantitative estimate of drug-likeness (QED) is 0.0816. The van der Waals surface area contributed by atoms with E-state index >= 15 is 0 Å². The summed E-state index contributed by atoms with van der Waals surface area (Å²) in [5.74, 6) is -3.35. The molecule has 9 nitrogen and oxygen atoms in total. The minimum atomic E-state index is -2.07. The Morgan fingerprint density at radius 1 is 0.671 bits per heavy atom. The van der Waals surface area contributed by atoms with E-state index in [1.54, 1.807) is 13.0 Å². The number of benzene rings is 4. The van der Waals surface area contributed by atoms with E-state index in [-0.39, 0.29) is 53.1 Å². The number of anilines is 2. The van der Waals surface area contributed by atoms with Crippen LogP contribution >= 0.6 is 0 Å². The molecular formula is C52H63B9F2IN3O6-. The maximum atomic E-state index is 13.7. The minimum absolute atomic E-state index is 0.0128. The number of rotatable bonds is 10. The van der Waals surface area contributed by atoms with Gasteiger partial charge in [0.05, 0.1) is 17.7 Å². The summed E-state index contributed by atoms with van der Waals surface area (Å²) in [7, 11) is 28.2. The molecule has 0 saturated carbocycles. The van der Waals surface area contributed by atoms with Crippen LogP contribution in [0.1, 0.15) is 167 Å². The average Bonchev–Trinajstić information content (AvgIpc) is 3.74. The van der Waals surface area contributed by atoms with Gasteiger partial charge in [0.1, 0.15) is 11.6 Å². The van der Waals surface area contributed by atoms with Crippen molar-refractivity contribution in [3.8, 4) is 0 Å². The topological polar surface area (TPSA) is 142 Å². The fourth-order valence-corrected chi connectivity index (χ4v) is 10.9. The van der Waals surface area contributed by atoms with Gasteiger partial charge in [-0.1, -0.05) is 93.5 Å². The normalized spacial score (nSPS) is 18.5. The summed E-state index contributed by atoms with van der Waals surface area (Å²) >= 11 is -0.416. The third kappa shape index (κ3) is 15.3. The van der Waals surface area contributed by atoms with Crippen molar-refractivity contribution in [2.24, 2.45) is 0 Å². The molecule has 2 amide bonds. The SMILES string of the molecule is CC(=O)c1ccc2c(c1)C(C)(C)CCC2(C)C.CC1(C)CCC(C)(C)c2cc(C(=O)CC3(O)C(=O)Nc4ccc(F)cc43)ccc21.CCNCC.O=C1Nc2ccc(F)cc2C1=O.[B][B]B([I-]B([B])[B])B([B])[B]. The van der Waals surface area contributed by atoms with Gasteiger partial charge >= 0.3 is 81.6 Å². The molecule has 4 N–H and O–H groups in total. The van der Waals surface area contributed by atoms with Crippen LogP contribution in [0.4, 0.5) is 20.2 Å². The van der Waals surface area contributed by atoms with Crippen molar-refractivity contribution in [1.82, 2.24) is 5.32 Å². The van der Waals surface area contributed by atoms with Crippen molar-refractivity contribution in [1.29, 1.82) is 0 Å². The van der Waals surface area contributed by atoms with E-state index in [0.29, 0.717) is 16.9 Å². The van der Waals surface area contributed by atoms with Gasteiger partial charge in [0, 0.05) is 22.4 Å². The van der Waals surface area contributed by atoms with E-state index in [1.807, 2.05) is 18.2 Å². The summed E-state index contributed by atoms with van der Waals surface area (Å²) in [6.07, 6.45) is 3.64. The number of Topliss-reactive ketones (excluding diaryl/α,β-unsaturated/α-hetero) is 3. The van der Waals surface area contributed by atoms with Crippen molar-refractivity contribution in [2.45, 2.75) is 136 Å². The zero-order valence-corrected chi connectivity index (χ0v) is 46.4. The van der Waals surface area contributed by atoms with Crippen molar-refractivity contribution >= 4 is 101 Å². The Bertz CT molecular complexity index is 2690. The van der Waals surface area contributed by atoms with Crippen molar-refractivity contribution in [3.63, 3.8) is 0 Å². The molecule has 1 atom stereocenters. The molecule has 21 heteroatoms. The number of carbonyl (C=O) groups excluding carboxylic acids is 5. The Morgan fingerprint density at radius 2 is 1.14 bits per heavy atom.